The molecular weight excluding hydrogens is 410 g/mol. The monoisotopic (exact) mass is 436 g/mol. The maximum absolute atomic E-state index is 13.5. The van der Waals surface area contributed by atoms with Gasteiger partial charge in [-0.1, -0.05) is 30.0 Å². The number of hydrogen-bond acceptors (Lipinski definition) is 3. The largest absolute Gasteiger partial charge is 0.385 e. The molecule has 3 aromatic carbocycles. The Morgan fingerprint density at radius 1 is 0.812 bits per heavy atom. The molecule has 5 heteroatoms. The molecular formula is C27H26F2O3. The highest BCUT2D eigenvalue weighted by atomic mass is 19.2. The SMILES string of the molecule is COCC[C@@H]1CO[C@@H](CCc2ccc(C#Cc3ccc4cc(F)c(F)cc4c3)cc2)CO1. The Balaban J connectivity index is 1.31. The molecule has 0 radical (unpaired) electrons. The number of ether oxygens (including phenoxy) is 3. The van der Waals surface area contributed by atoms with Crippen LogP contribution in [0.3, 0.4) is 0 Å². The van der Waals surface area contributed by atoms with Gasteiger partial charge in [0.05, 0.1) is 25.4 Å². The van der Waals surface area contributed by atoms with Gasteiger partial charge in [0.25, 0.3) is 0 Å². The fourth-order valence-corrected chi connectivity index (χ4v) is 3.71. The third kappa shape index (κ3) is 5.92. The van der Waals surface area contributed by atoms with Gasteiger partial charge in [-0.25, -0.2) is 8.78 Å². The third-order valence-corrected chi connectivity index (χ3v) is 5.62. The Kier molecular flexibility index (Phi) is 7.49. The average Bonchev–Trinajstić information content (AvgIpc) is 2.82. The Morgan fingerprint density at radius 2 is 1.44 bits per heavy atom. The van der Waals surface area contributed by atoms with E-state index in [0.29, 0.717) is 30.6 Å². The van der Waals surface area contributed by atoms with E-state index in [1.807, 2.05) is 18.2 Å². The molecule has 0 aliphatic carbocycles. The van der Waals surface area contributed by atoms with E-state index >= 15 is 0 Å². The Bertz CT molecular complexity index is 1110. The summed E-state index contributed by atoms with van der Waals surface area (Å²) in [6.45, 7) is 1.94. The molecule has 4 rings (SSSR count). The molecule has 0 saturated carbocycles. The van der Waals surface area contributed by atoms with E-state index in [1.54, 1.807) is 19.2 Å². The molecule has 2 atom stereocenters. The highest BCUT2D eigenvalue weighted by molar-refractivity contribution is 5.84. The summed E-state index contributed by atoms with van der Waals surface area (Å²) in [5.74, 6) is 4.54. The quantitative estimate of drug-likeness (QED) is 0.493. The second kappa shape index (κ2) is 10.7. The summed E-state index contributed by atoms with van der Waals surface area (Å²) in [7, 11) is 1.69. The van der Waals surface area contributed by atoms with Crippen LogP contribution in [0, 0.1) is 23.5 Å². The fraction of sp³-hybridized carbons (Fsp3) is 0.333. The van der Waals surface area contributed by atoms with Crippen molar-refractivity contribution in [2.24, 2.45) is 0 Å². The first-order valence-corrected chi connectivity index (χ1v) is 10.8. The van der Waals surface area contributed by atoms with Crippen molar-refractivity contribution < 1.29 is 23.0 Å². The lowest BCUT2D eigenvalue weighted by Gasteiger charge is -2.29. The lowest BCUT2D eigenvalue weighted by Crippen LogP contribution is -2.36. The van der Waals surface area contributed by atoms with Crippen LogP contribution in [-0.2, 0) is 20.6 Å². The molecule has 0 N–H and O–H groups in total. The number of hydrogen-bond donors (Lipinski definition) is 0. The third-order valence-electron chi connectivity index (χ3n) is 5.62. The fourth-order valence-electron chi connectivity index (χ4n) is 3.71. The number of halogens is 2. The Labute approximate surface area is 187 Å². The molecule has 3 nitrogen and oxygen atoms in total. The molecule has 1 aliphatic heterocycles. The predicted octanol–water partition coefficient (Wildman–Crippen LogP) is 5.27. The van der Waals surface area contributed by atoms with E-state index in [-0.39, 0.29) is 12.2 Å². The van der Waals surface area contributed by atoms with Crippen LogP contribution in [0.25, 0.3) is 10.8 Å². The average molecular weight is 436 g/mol. The number of methoxy groups -OCH3 is 1. The molecule has 3 aromatic rings. The van der Waals surface area contributed by atoms with Crippen LogP contribution < -0.4 is 0 Å². The van der Waals surface area contributed by atoms with E-state index < -0.39 is 11.6 Å². The zero-order chi connectivity index (χ0) is 22.3. The molecule has 0 unspecified atom stereocenters. The lowest BCUT2D eigenvalue weighted by molar-refractivity contribution is -0.139. The lowest BCUT2D eigenvalue weighted by atomic mass is 10.0. The predicted molar refractivity (Wildman–Crippen MR) is 121 cm³/mol. The molecule has 0 aromatic heterocycles. The summed E-state index contributed by atoms with van der Waals surface area (Å²) >= 11 is 0. The minimum atomic E-state index is -0.853. The van der Waals surface area contributed by atoms with Crippen molar-refractivity contribution in [1.29, 1.82) is 0 Å². The summed E-state index contributed by atoms with van der Waals surface area (Å²) in [5, 5.41) is 1.28. The zero-order valence-electron chi connectivity index (χ0n) is 18.1. The van der Waals surface area contributed by atoms with Gasteiger partial charge in [0.15, 0.2) is 11.6 Å². The Hall–Kier alpha value is -2.78. The van der Waals surface area contributed by atoms with E-state index in [9.17, 15) is 8.78 Å². The van der Waals surface area contributed by atoms with Crippen LogP contribution in [0.4, 0.5) is 8.78 Å². The van der Waals surface area contributed by atoms with Crippen molar-refractivity contribution >= 4 is 10.8 Å². The van der Waals surface area contributed by atoms with E-state index in [4.69, 9.17) is 14.2 Å². The van der Waals surface area contributed by atoms with Crippen molar-refractivity contribution in [2.75, 3.05) is 26.9 Å². The van der Waals surface area contributed by atoms with Gasteiger partial charge in [-0.15, -0.1) is 0 Å². The van der Waals surface area contributed by atoms with E-state index in [2.05, 4.69) is 24.0 Å². The van der Waals surface area contributed by atoms with Gasteiger partial charge >= 0.3 is 0 Å². The van der Waals surface area contributed by atoms with Crippen LogP contribution >= 0.6 is 0 Å². The van der Waals surface area contributed by atoms with Gasteiger partial charge in [0, 0.05) is 24.8 Å². The van der Waals surface area contributed by atoms with Gasteiger partial charge < -0.3 is 14.2 Å². The summed E-state index contributed by atoms with van der Waals surface area (Å²) in [6, 6.07) is 15.9. The molecule has 32 heavy (non-hydrogen) atoms. The first kappa shape index (κ1) is 22.4. The molecule has 0 amide bonds. The van der Waals surface area contributed by atoms with Crippen LogP contribution in [0.5, 0.6) is 0 Å². The van der Waals surface area contributed by atoms with Crippen molar-refractivity contribution in [3.8, 4) is 11.8 Å². The van der Waals surface area contributed by atoms with Crippen molar-refractivity contribution in [1.82, 2.24) is 0 Å². The van der Waals surface area contributed by atoms with Gasteiger partial charge in [0.1, 0.15) is 0 Å². The minimum absolute atomic E-state index is 0.125. The maximum atomic E-state index is 13.5. The van der Waals surface area contributed by atoms with E-state index in [0.717, 1.165) is 30.4 Å². The number of fused-ring (bicyclic) bond motifs is 1. The van der Waals surface area contributed by atoms with Crippen LogP contribution in [0.1, 0.15) is 29.5 Å². The number of rotatable bonds is 6. The second-order valence-electron chi connectivity index (χ2n) is 8.01. The molecule has 0 bridgehead atoms. The minimum Gasteiger partial charge on any atom is -0.385 e. The molecule has 166 valence electrons. The molecule has 1 heterocycles. The summed E-state index contributed by atoms with van der Waals surface area (Å²) in [4.78, 5) is 0. The number of benzene rings is 3. The molecule has 1 aliphatic rings. The standard InChI is InChI=1S/C27H26F2O3/c1-30-13-12-25-18-31-24(17-32-25)11-9-20-4-2-19(3-5-20)6-7-21-8-10-22-15-26(28)27(29)16-23(22)14-21/h2-5,8,10,14-16,24-25H,9,11-13,17-18H2,1H3/t24-,25+/m0/s1. The van der Waals surface area contributed by atoms with E-state index in [1.165, 1.54) is 17.7 Å². The number of aryl methyl sites for hydroxylation is 1. The second-order valence-corrected chi connectivity index (χ2v) is 8.01. The Morgan fingerprint density at radius 3 is 2.12 bits per heavy atom. The van der Waals surface area contributed by atoms with Crippen LogP contribution in [0.15, 0.2) is 54.6 Å². The summed E-state index contributed by atoms with van der Waals surface area (Å²) in [6.07, 6.45) is 2.94. The smallest absolute Gasteiger partial charge is 0.159 e. The maximum Gasteiger partial charge on any atom is 0.159 e. The molecule has 1 saturated heterocycles. The normalized spacial score (nSPS) is 18.3. The van der Waals surface area contributed by atoms with Crippen molar-refractivity contribution in [3.63, 3.8) is 0 Å². The van der Waals surface area contributed by atoms with Gasteiger partial charge in [-0.2, -0.15) is 0 Å². The van der Waals surface area contributed by atoms with Gasteiger partial charge in [0.2, 0.25) is 0 Å². The van der Waals surface area contributed by atoms with Crippen LogP contribution in [0.2, 0.25) is 0 Å². The summed E-state index contributed by atoms with van der Waals surface area (Å²) in [5.41, 5.74) is 2.88. The molecule has 0 spiro atoms. The molecule has 1 fully saturated rings. The highest BCUT2D eigenvalue weighted by Gasteiger charge is 2.21. The van der Waals surface area contributed by atoms with Gasteiger partial charge in [-0.05, 0) is 72.0 Å². The highest BCUT2D eigenvalue weighted by Crippen LogP contribution is 2.20. The van der Waals surface area contributed by atoms with Crippen molar-refractivity contribution in [3.05, 3.63) is 82.9 Å². The zero-order valence-corrected chi connectivity index (χ0v) is 18.1. The first-order chi connectivity index (χ1) is 15.6. The van der Waals surface area contributed by atoms with Crippen LogP contribution in [-0.4, -0.2) is 39.1 Å². The van der Waals surface area contributed by atoms with Crippen molar-refractivity contribution in [2.45, 2.75) is 31.5 Å². The first-order valence-electron chi connectivity index (χ1n) is 10.8. The summed E-state index contributed by atoms with van der Waals surface area (Å²) < 4.78 is 43.7. The van der Waals surface area contributed by atoms with Gasteiger partial charge in [-0.3, -0.25) is 0 Å². The topological polar surface area (TPSA) is 27.7 Å².